The summed E-state index contributed by atoms with van der Waals surface area (Å²) in [5.41, 5.74) is 0.232. The normalized spacial score (nSPS) is 19.6. The van der Waals surface area contributed by atoms with Gasteiger partial charge in [0.15, 0.2) is 0 Å². The Balaban J connectivity index is 1.60. The lowest BCUT2D eigenvalue weighted by atomic mass is 10.2. The van der Waals surface area contributed by atoms with E-state index in [4.69, 9.17) is 0 Å². The average molecular weight is 410 g/mol. The molecule has 1 amide bonds. The molecule has 10 heteroatoms. The molecule has 0 radical (unpaired) electrons. The van der Waals surface area contributed by atoms with Crippen molar-refractivity contribution in [1.29, 1.82) is 0 Å². The third kappa shape index (κ3) is 4.68. The number of sulfonamides is 1. The number of nitro benzene ring substituents is 1. The Morgan fingerprint density at radius 2 is 1.86 bits per heavy atom. The minimum atomic E-state index is -3.82. The van der Waals surface area contributed by atoms with E-state index < -0.39 is 14.9 Å². The molecule has 1 aromatic carbocycles. The van der Waals surface area contributed by atoms with Crippen LogP contribution in [-0.2, 0) is 14.8 Å². The molecule has 2 fully saturated rings. The van der Waals surface area contributed by atoms with Gasteiger partial charge in [0.05, 0.1) is 16.4 Å². The molecule has 0 aromatic heterocycles. The zero-order chi connectivity index (χ0) is 20.3. The van der Waals surface area contributed by atoms with Gasteiger partial charge in [-0.25, -0.2) is 8.42 Å². The highest BCUT2D eigenvalue weighted by atomic mass is 32.2. The van der Waals surface area contributed by atoms with E-state index in [1.54, 1.807) is 6.92 Å². The van der Waals surface area contributed by atoms with Crippen LogP contribution in [0.1, 0.15) is 31.2 Å². The van der Waals surface area contributed by atoms with Gasteiger partial charge in [0.2, 0.25) is 15.9 Å². The van der Waals surface area contributed by atoms with Gasteiger partial charge in [-0.15, -0.1) is 0 Å². The second-order valence-electron chi connectivity index (χ2n) is 7.44. The molecule has 9 nitrogen and oxygen atoms in total. The van der Waals surface area contributed by atoms with E-state index in [2.05, 4.69) is 5.32 Å². The van der Waals surface area contributed by atoms with Crippen LogP contribution in [-0.4, -0.2) is 67.2 Å². The Labute approximate surface area is 164 Å². The fraction of sp³-hybridized carbons (Fsp3) is 0.611. The molecule has 0 atom stereocenters. The van der Waals surface area contributed by atoms with Gasteiger partial charge < -0.3 is 5.32 Å². The molecule has 0 unspecified atom stereocenters. The van der Waals surface area contributed by atoms with Crippen molar-refractivity contribution in [2.45, 2.75) is 43.5 Å². The molecule has 1 heterocycles. The van der Waals surface area contributed by atoms with Gasteiger partial charge in [-0.2, -0.15) is 4.31 Å². The fourth-order valence-electron chi connectivity index (χ4n) is 3.79. The van der Waals surface area contributed by atoms with Crippen molar-refractivity contribution in [1.82, 2.24) is 14.5 Å². The van der Waals surface area contributed by atoms with E-state index in [0.29, 0.717) is 18.7 Å². The summed E-state index contributed by atoms with van der Waals surface area (Å²) in [4.78, 5) is 24.5. The molecule has 0 bridgehead atoms. The third-order valence-corrected chi connectivity index (χ3v) is 7.46. The Hall–Kier alpha value is -2.04. The summed E-state index contributed by atoms with van der Waals surface area (Å²) in [7, 11) is -3.82. The first-order valence-electron chi connectivity index (χ1n) is 9.54. The smallest absolute Gasteiger partial charge is 0.270 e. The summed E-state index contributed by atoms with van der Waals surface area (Å²) in [6, 6.07) is 4.14. The number of amides is 1. The van der Waals surface area contributed by atoms with Crippen molar-refractivity contribution in [3.63, 3.8) is 0 Å². The lowest BCUT2D eigenvalue weighted by Gasteiger charge is -2.34. The first-order chi connectivity index (χ1) is 13.3. The Kier molecular flexibility index (Phi) is 6.31. The van der Waals surface area contributed by atoms with Crippen molar-refractivity contribution in [3.05, 3.63) is 33.9 Å². The number of benzene rings is 1. The summed E-state index contributed by atoms with van der Waals surface area (Å²) >= 11 is 0. The summed E-state index contributed by atoms with van der Waals surface area (Å²) in [6.45, 7) is 3.29. The zero-order valence-corrected chi connectivity index (χ0v) is 16.8. The number of nitrogens with zero attached hydrogens (tertiary/aromatic N) is 3. The molecule has 28 heavy (non-hydrogen) atoms. The van der Waals surface area contributed by atoms with Crippen molar-refractivity contribution in [2.75, 3.05) is 32.7 Å². The van der Waals surface area contributed by atoms with Crippen LogP contribution in [0.5, 0.6) is 0 Å². The molecular formula is C18H26N4O5S. The molecule has 1 aliphatic carbocycles. The molecule has 154 valence electrons. The third-order valence-electron chi connectivity index (χ3n) is 5.42. The Bertz CT molecular complexity index is 844. The number of aryl methyl sites for hydroxylation is 1. The summed E-state index contributed by atoms with van der Waals surface area (Å²) in [6.07, 6.45) is 4.36. The van der Waals surface area contributed by atoms with Gasteiger partial charge in [-0.3, -0.25) is 19.8 Å². The van der Waals surface area contributed by atoms with Gasteiger partial charge >= 0.3 is 0 Å². The van der Waals surface area contributed by atoms with Crippen LogP contribution in [0.15, 0.2) is 23.1 Å². The molecule has 0 spiro atoms. The number of rotatable bonds is 6. The molecule has 1 saturated heterocycles. The first-order valence-corrected chi connectivity index (χ1v) is 11.0. The van der Waals surface area contributed by atoms with Crippen molar-refractivity contribution in [2.24, 2.45) is 0 Å². The SMILES string of the molecule is Cc1ccc([N+](=O)[O-])cc1S(=O)(=O)N1CCN(CC(=O)NC2CCCC2)CC1. The van der Waals surface area contributed by atoms with Crippen molar-refractivity contribution >= 4 is 21.6 Å². The highest BCUT2D eigenvalue weighted by molar-refractivity contribution is 7.89. The summed E-state index contributed by atoms with van der Waals surface area (Å²) < 4.78 is 27.2. The van der Waals surface area contributed by atoms with Gasteiger partial charge in [0.1, 0.15) is 0 Å². The quantitative estimate of drug-likeness (QED) is 0.558. The predicted molar refractivity (Wildman–Crippen MR) is 103 cm³/mol. The average Bonchev–Trinajstić information content (AvgIpc) is 3.15. The molecular weight excluding hydrogens is 384 g/mol. The maximum atomic E-state index is 12.9. The van der Waals surface area contributed by atoms with Gasteiger partial charge in [-0.05, 0) is 25.3 Å². The van der Waals surface area contributed by atoms with Crippen LogP contribution >= 0.6 is 0 Å². The van der Waals surface area contributed by atoms with Gasteiger partial charge in [-0.1, -0.05) is 18.9 Å². The number of nitrogens with one attached hydrogen (secondary N) is 1. The monoisotopic (exact) mass is 410 g/mol. The zero-order valence-electron chi connectivity index (χ0n) is 16.0. The second-order valence-corrected chi connectivity index (χ2v) is 9.34. The van der Waals surface area contributed by atoms with Crippen LogP contribution < -0.4 is 5.32 Å². The lowest BCUT2D eigenvalue weighted by molar-refractivity contribution is -0.385. The van der Waals surface area contributed by atoms with Crippen LogP contribution in [0.3, 0.4) is 0 Å². The van der Waals surface area contributed by atoms with Gasteiger partial charge in [0, 0.05) is 44.4 Å². The number of carbonyl (C=O) groups excluding carboxylic acids is 1. The van der Waals surface area contributed by atoms with Crippen molar-refractivity contribution < 1.29 is 18.1 Å². The van der Waals surface area contributed by atoms with E-state index in [0.717, 1.165) is 31.7 Å². The summed E-state index contributed by atoms with van der Waals surface area (Å²) in [5.74, 6) is -0.0160. The minimum absolute atomic E-state index is 0.0160. The molecule has 3 rings (SSSR count). The van der Waals surface area contributed by atoms with E-state index in [-0.39, 0.29) is 42.2 Å². The Morgan fingerprint density at radius 3 is 2.46 bits per heavy atom. The van der Waals surface area contributed by atoms with E-state index in [1.807, 2.05) is 4.90 Å². The predicted octanol–water partition coefficient (Wildman–Crippen LogP) is 1.27. The molecule has 1 saturated carbocycles. The Morgan fingerprint density at radius 1 is 1.21 bits per heavy atom. The van der Waals surface area contributed by atoms with Crippen LogP contribution in [0, 0.1) is 17.0 Å². The largest absolute Gasteiger partial charge is 0.352 e. The number of carbonyl (C=O) groups is 1. The van der Waals surface area contributed by atoms with E-state index in [1.165, 1.54) is 16.4 Å². The van der Waals surface area contributed by atoms with Crippen LogP contribution in [0.25, 0.3) is 0 Å². The fourth-order valence-corrected chi connectivity index (χ4v) is 5.46. The maximum Gasteiger partial charge on any atom is 0.270 e. The van der Waals surface area contributed by atoms with Crippen molar-refractivity contribution in [3.8, 4) is 0 Å². The van der Waals surface area contributed by atoms with E-state index in [9.17, 15) is 23.3 Å². The minimum Gasteiger partial charge on any atom is -0.352 e. The number of piperazine rings is 1. The van der Waals surface area contributed by atoms with Crippen LogP contribution in [0.2, 0.25) is 0 Å². The topological polar surface area (TPSA) is 113 Å². The van der Waals surface area contributed by atoms with Crippen LogP contribution in [0.4, 0.5) is 5.69 Å². The lowest BCUT2D eigenvalue weighted by Crippen LogP contribution is -2.51. The molecule has 1 aromatic rings. The number of nitro groups is 1. The van der Waals surface area contributed by atoms with Gasteiger partial charge in [0.25, 0.3) is 5.69 Å². The highest BCUT2D eigenvalue weighted by Gasteiger charge is 2.31. The maximum absolute atomic E-state index is 12.9. The van der Waals surface area contributed by atoms with E-state index >= 15 is 0 Å². The highest BCUT2D eigenvalue weighted by Crippen LogP contribution is 2.25. The number of hydrogen-bond donors (Lipinski definition) is 1. The number of non-ortho nitro benzene ring substituents is 1. The molecule has 2 aliphatic rings. The molecule has 1 N–H and O–H groups in total. The number of hydrogen-bond acceptors (Lipinski definition) is 6. The first kappa shape index (κ1) is 20.7. The standard InChI is InChI=1S/C18H26N4O5S/c1-14-6-7-16(22(24)25)12-17(14)28(26,27)21-10-8-20(9-11-21)13-18(23)19-15-4-2-3-5-15/h6-7,12,15H,2-5,8-11,13H2,1H3,(H,19,23). The summed E-state index contributed by atoms with van der Waals surface area (Å²) in [5, 5.41) is 14.0. The molecule has 1 aliphatic heterocycles. The second kappa shape index (κ2) is 8.54.